The Hall–Kier alpha value is -0.620. The van der Waals surface area contributed by atoms with E-state index in [1.165, 1.54) is 0 Å². The first kappa shape index (κ1) is 17.4. The number of nitrogens with one attached hydrogen (secondary N) is 1. The summed E-state index contributed by atoms with van der Waals surface area (Å²) in [6.45, 7) is 7.42. The van der Waals surface area contributed by atoms with Gasteiger partial charge in [0.05, 0.1) is 4.90 Å². The third-order valence-corrected chi connectivity index (χ3v) is 4.39. The smallest absolute Gasteiger partial charge is 0.241 e. The number of nitrogens with two attached hydrogens (primary N) is 1. The van der Waals surface area contributed by atoms with Gasteiger partial charge in [-0.2, -0.15) is 0 Å². The summed E-state index contributed by atoms with van der Waals surface area (Å²) in [5, 5.41) is 0. The number of halogens is 1. The molecular formula is C12H21ClN2O2S. The van der Waals surface area contributed by atoms with Crippen LogP contribution in [0, 0.1) is 13.8 Å². The fourth-order valence-corrected chi connectivity index (χ4v) is 3.21. The molecule has 0 atom stereocenters. The van der Waals surface area contributed by atoms with Gasteiger partial charge in [0, 0.05) is 12.1 Å². The molecule has 1 aromatic carbocycles. The summed E-state index contributed by atoms with van der Waals surface area (Å²) < 4.78 is 27.0. The second-order valence-electron chi connectivity index (χ2n) is 4.96. The van der Waals surface area contributed by atoms with Gasteiger partial charge >= 0.3 is 0 Å². The molecule has 18 heavy (non-hydrogen) atoms. The third-order valence-electron chi connectivity index (χ3n) is 2.55. The van der Waals surface area contributed by atoms with E-state index in [4.69, 9.17) is 5.73 Å². The van der Waals surface area contributed by atoms with E-state index in [-0.39, 0.29) is 19.0 Å². The minimum Gasteiger partial charge on any atom is -0.329 e. The van der Waals surface area contributed by atoms with Crippen molar-refractivity contribution in [2.24, 2.45) is 5.73 Å². The van der Waals surface area contributed by atoms with Crippen molar-refractivity contribution >= 4 is 22.4 Å². The second-order valence-corrected chi connectivity index (χ2v) is 6.61. The average Bonchev–Trinajstić information content (AvgIpc) is 2.20. The Bertz CT molecular complexity index is 513. The van der Waals surface area contributed by atoms with Gasteiger partial charge in [-0.25, -0.2) is 13.1 Å². The highest BCUT2D eigenvalue weighted by Crippen LogP contribution is 2.18. The van der Waals surface area contributed by atoms with Crippen LogP contribution in [-0.2, 0) is 10.0 Å². The van der Waals surface area contributed by atoms with Gasteiger partial charge in [0.25, 0.3) is 0 Å². The van der Waals surface area contributed by atoms with Crippen LogP contribution in [0.3, 0.4) is 0 Å². The quantitative estimate of drug-likeness (QED) is 0.888. The highest BCUT2D eigenvalue weighted by molar-refractivity contribution is 7.89. The van der Waals surface area contributed by atoms with Crippen molar-refractivity contribution in [1.29, 1.82) is 0 Å². The van der Waals surface area contributed by atoms with Gasteiger partial charge in [0.1, 0.15) is 0 Å². The molecule has 3 N–H and O–H groups in total. The molecule has 0 saturated heterocycles. The summed E-state index contributed by atoms with van der Waals surface area (Å²) in [5.41, 5.74) is 6.54. The second kappa shape index (κ2) is 6.02. The van der Waals surface area contributed by atoms with Gasteiger partial charge in [-0.1, -0.05) is 12.1 Å². The van der Waals surface area contributed by atoms with Crippen LogP contribution >= 0.6 is 12.4 Å². The molecule has 0 aromatic heterocycles. The molecule has 0 bridgehead atoms. The van der Waals surface area contributed by atoms with Crippen LogP contribution in [0.1, 0.15) is 25.0 Å². The Kier molecular flexibility index (Phi) is 5.81. The van der Waals surface area contributed by atoms with Gasteiger partial charge in [-0.3, -0.25) is 0 Å². The predicted molar refractivity (Wildman–Crippen MR) is 76.6 cm³/mol. The monoisotopic (exact) mass is 292 g/mol. The molecule has 1 aromatic rings. The van der Waals surface area contributed by atoms with Crippen molar-refractivity contribution in [3.8, 4) is 0 Å². The lowest BCUT2D eigenvalue weighted by atomic mass is 10.1. The predicted octanol–water partition coefficient (Wildman–Crippen LogP) is 1.74. The fraction of sp³-hybridized carbons (Fsp3) is 0.500. The lowest BCUT2D eigenvalue weighted by Crippen LogP contribution is -2.48. The van der Waals surface area contributed by atoms with Crippen LogP contribution < -0.4 is 10.5 Å². The number of hydrogen-bond acceptors (Lipinski definition) is 3. The molecule has 0 unspecified atom stereocenters. The van der Waals surface area contributed by atoms with Crippen molar-refractivity contribution in [2.75, 3.05) is 6.54 Å². The molecule has 0 saturated carbocycles. The highest BCUT2D eigenvalue weighted by Gasteiger charge is 2.25. The van der Waals surface area contributed by atoms with E-state index in [9.17, 15) is 8.42 Å². The molecule has 0 fully saturated rings. The van der Waals surface area contributed by atoms with Gasteiger partial charge in [-0.15, -0.1) is 12.4 Å². The van der Waals surface area contributed by atoms with Gasteiger partial charge in [0.2, 0.25) is 10.0 Å². The van der Waals surface area contributed by atoms with Crippen molar-refractivity contribution in [3.63, 3.8) is 0 Å². The molecule has 0 radical (unpaired) electrons. The molecule has 4 nitrogen and oxygen atoms in total. The number of hydrogen-bond donors (Lipinski definition) is 2. The lowest BCUT2D eigenvalue weighted by Gasteiger charge is -2.24. The largest absolute Gasteiger partial charge is 0.329 e. The minimum absolute atomic E-state index is 0. The van der Waals surface area contributed by atoms with E-state index in [0.717, 1.165) is 11.1 Å². The Morgan fingerprint density at radius 2 is 1.83 bits per heavy atom. The zero-order valence-corrected chi connectivity index (χ0v) is 12.8. The summed E-state index contributed by atoms with van der Waals surface area (Å²) in [7, 11) is -3.51. The molecule has 0 aliphatic rings. The molecule has 0 aliphatic heterocycles. The highest BCUT2D eigenvalue weighted by atomic mass is 35.5. The lowest BCUT2D eigenvalue weighted by molar-refractivity contribution is 0.462. The summed E-state index contributed by atoms with van der Waals surface area (Å²) in [6.07, 6.45) is 0. The summed E-state index contributed by atoms with van der Waals surface area (Å²) in [5.74, 6) is 0. The number of rotatable bonds is 4. The maximum absolute atomic E-state index is 12.2. The van der Waals surface area contributed by atoms with Crippen molar-refractivity contribution in [2.45, 2.75) is 38.1 Å². The van der Waals surface area contributed by atoms with Crippen LogP contribution in [0.25, 0.3) is 0 Å². The first-order valence-electron chi connectivity index (χ1n) is 5.49. The van der Waals surface area contributed by atoms with Crippen molar-refractivity contribution in [3.05, 3.63) is 29.3 Å². The zero-order chi connectivity index (χ0) is 13.3. The Balaban J connectivity index is 0.00000289. The van der Waals surface area contributed by atoms with E-state index >= 15 is 0 Å². The Labute approximate surface area is 115 Å². The number of aryl methyl sites for hydroxylation is 2. The van der Waals surface area contributed by atoms with E-state index in [0.29, 0.717) is 4.90 Å². The standard InChI is InChI=1S/C12H20N2O2S.ClH/c1-9-5-6-10(2)11(7-9)17(15,16)14-12(3,4)8-13;/h5-7,14H,8,13H2,1-4H3;1H. The molecule has 0 aliphatic carbocycles. The van der Waals surface area contributed by atoms with Gasteiger partial charge in [-0.05, 0) is 44.9 Å². The fourth-order valence-electron chi connectivity index (χ4n) is 1.46. The van der Waals surface area contributed by atoms with E-state index in [1.54, 1.807) is 32.9 Å². The first-order valence-corrected chi connectivity index (χ1v) is 6.97. The molecule has 6 heteroatoms. The van der Waals surface area contributed by atoms with E-state index < -0.39 is 15.6 Å². The number of sulfonamides is 1. The number of benzene rings is 1. The summed E-state index contributed by atoms with van der Waals surface area (Å²) in [6, 6.07) is 5.37. The molecule has 1 rings (SSSR count). The Morgan fingerprint density at radius 1 is 1.28 bits per heavy atom. The average molecular weight is 293 g/mol. The van der Waals surface area contributed by atoms with Crippen LogP contribution in [0.4, 0.5) is 0 Å². The topological polar surface area (TPSA) is 72.2 Å². The van der Waals surface area contributed by atoms with Crippen LogP contribution in [0.2, 0.25) is 0 Å². The van der Waals surface area contributed by atoms with Crippen LogP contribution in [0.15, 0.2) is 23.1 Å². The van der Waals surface area contributed by atoms with E-state index in [2.05, 4.69) is 4.72 Å². The summed E-state index contributed by atoms with van der Waals surface area (Å²) in [4.78, 5) is 0.319. The minimum atomic E-state index is -3.51. The van der Waals surface area contributed by atoms with Crippen molar-refractivity contribution < 1.29 is 8.42 Å². The van der Waals surface area contributed by atoms with E-state index in [1.807, 2.05) is 13.0 Å². The maximum atomic E-state index is 12.2. The molecule has 0 amide bonds. The van der Waals surface area contributed by atoms with Gasteiger partial charge in [0.15, 0.2) is 0 Å². The SMILES string of the molecule is Cc1ccc(C)c(S(=O)(=O)NC(C)(C)CN)c1.Cl. The Morgan fingerprint density at radius 3 is 2.33 bits per heavy atom. The van der Waals surface area contributed by atoms with Gasteiger partial charge < -0.3 is 5.73 Å². The third kappa shape index (κ3) is 4.24. The maximum Gasteiger partial charge on any atom is 0.241 e. The van der Waals surface area contributed by atoms with Crippen LogP contribution in [0.5, 0.6) is 0 Å². The molecule has 0 spiro atoms. The molecular weight excluding hydrogens is 272 g/mol. The van der Waals surface area contributed by atoms with Crippen molar-refractivity contribution in [1.82, 2.24) is 4.72 Å². The summed E-state index contributed by atoms with van der Waals surface area (Å²) >= 11 is 0. The zero-order valence-electron chi connectivity index (χ0n) is 11.1. The first-order chi connectivity index (χ1) is 7.68. The normalized spacial score (nSPS) is 12.1. The molecule has 104 valence electrons. The molecule has 0 heterocycles. The van der Waals surface area contributed by atoms with Crippen LogP contribution in [-0.4, -0.2) is 20.5 Å².